The smallest absolute Gasteiger partial charge is 0.147 e. The monoisotopic (exact) mass is 291 g/mol. The predicted octanol–water partition coefficient (Wildman–Crippen LogP) is 5.24. The van der Waals surface area contributed by atoms with Crippen LogP contribution in [0.5, 0.6) is 0 Å². The number of halogens is 2. The van der Waals surface area contributed by atoms with Gasteiger partial charge in [-0.25, -0.2) is 0 Å². The number of hydrogen-bond donors (Lipinski definition) is 0. The van der Waals surface area contributed by atoms with Crippen LogP contribution in [0.3, 0.4) is 0 Å². The molecule has 0 spiro atoms. The molecule has 0 unspecified atom stereocenters. The predicted molar refractivity (Wildman–Crippen MR) is 72.7 cm³/mol. The van der Waals surface area contributed by atoms with E-state index in [2.05, 4.69) is 44.4 Å². The van der Waals surface area contributed by atoms with Crippen molar-refractivity contribution in [2.75, 3.05) is 7.11 Å². The normalized spacial score (nSPS) is 22.3. The molecule has 1 nitrogen and oxygen atoms in total. The van der Waals surface area contributed by atoms with E-state index >= 15 is 0 Å². The topological polar surface area (TPSA) is 9.23 Å². The van der Waals surface area contributed by atoms with Gasteiger partial charge in [0, 0.05) is 0 Å². The molecule has 0 saturated heterocycles. The molecule has 0 radical (unpaired) electrons. The molecule has 1 aliphatic carbocycles. The maximum absolute atomic E-state index is 6.05. The third-order valence-corrected chi connectivity index (χ3v) is 13.1. The van der Waals surface area contributed by atoms with Crippen LogP contribution in [0.25, 0.3) is 0 Å². The van der Waals surface area contributed by atoms with Crippen LogP contribution in [0.2, 0.25) is 26.1 Å². The molecule has 1 aliphatic rings. The Hall–Kier alpha value is 0.734. The second-order valence-electron chi connectivity index (χ2n) is 8.90. The van der Waals surface area contributed by atoms with E-state index in [0.29, 0.717) is 0 Å². The van der Waals surface area contributed by atoms with E-state index in [1.54, 1.807) is 0 Å². The van der Waals surface area contributed by atoms with Crippen molar-refractivity contribution in [2.24, 2.45) is 0 Å². The molecule has 15 heavy (non-hydrogen) atoms. The average molecular weight is 292 g/mol. The first kappa shape index (κ1) is 18.1. The Kier molecular flexibility index (Phi) is 3.80. The summed E-state index contributed by atoms with van der Waals surface area (Å²) >= 11 is -3.74. The first-order valence-electron chi connectivity index (χ1n) is 5.08. The van der Waals surface area contributed by atoms with E-state index in [1.165, 1.54) is 3.88 Å². The maximum atomic E-state index is 6.05. The molecule has 0 aromatic rings. The molecular formula is C11H25Cl2OTi. The van der Waals surface area contributed by atoms with Gasteiger partial charge in [0.1, 0.15) is 0 Å². The summed E-state index contributed by atoms with van der Waals surface area (Å²) in [7, 11) is 1.86. The zero-order valence-electron chi connectivity index (χ0n) is 10.7. The second kappa shape index (κ2) is 3.14. The summed E-state index contributed by atoms with van der Waals surface area (Å²) in [5.74, 6) is 0. The van der Waals surface area contributed by atoms with E-state index < -0.39 is 13.1 Å². The molecule has 0 bridgehead atoms. The minimum absolute atomic E-state index is 0. The molecule has 93 valence electrons. The van der Waals surface area contributed by atoms with Crippen LogP contribution in [0, 0.1) is 0 Å². The standard InChI is InChI=1S/C5H5.CH3O.5CH3.2ClH.Ti/c1-2-4-5-3-1;1-2;;;;;;;;/h1-3H,4H2;1H3;5*1H3;2*1H;/q;-1;;;;;;;;+1. The van der Waals surface area contributed by atoms with Crippen LogP contribution >= 0.6 is 24.8 Å². The summed E-state index contributed by atoms with van der Waals surface area (Å²) in [5, 5.41) is 11.7. The maximum Gasteiger partial charge on any atom is -0.147 e. The molecule has 0 saturated carbocycles. The quantitative estimate of drug-likeness (QED) is 0.633. The third kappa shape index (κ3) is 3.61. The first-order valence-corrected chi connectivity index (χ1v) is 14.3. The molecule has 0 heterocycles. The fourth-order valence-corrected chi connectivity index (χ4v) is 5.46. The Bertz CT molecular complexity index is 324. The molecule has 0 aromatic carbocycles. The molecule has 0 fully saturated rings. The zero-order chi connectivity index (χ0) is 10.5. The van der Waals surface area contributed by atoms with Crippen molar-refractivity contribution in [1.82, 2.24) is 0 Å². The van der Waals surface area contributed by atoms with Crippen molar-refractivity contribution in [3.8, 4) is 0 Å². The second-order valence-corrected chi connectivity index (χ2v) is 33.6. The van der Waals surface area contributed by atoms with Crippen LogP contribution in [-0.4, -0.2) is 7.11 Å². The average Bonchev–Trinajstić information content (AvgIpc) is 2.36. The molecule has 0 aliphatic heterocycles. The molecule has 0 amide bonds. The van der Waals surface area contributed by atoms with Gasteiger partial charge in [-0.2, -0.15) is 0 Å². The van der Waals surface area contributed by atoms with E-state index in [1.807, 2.05) is 7.11 Å². The van der Waals surface area contributed by atoms with Gasteiger partial charge in [0.05, 0.1) is 0 Å². The van der Waals surface area contributed by atoms with Crippen LogP contribution in [0.1, 0.15) is 6.42 Å². The Morgan fingerprint density at radius 1 is 1.07 bits per heavy atom. The van der Waals surface area contributed by atoms with Gasteiger partial charge in [0.25, 0.3) is 0 Å². The van der Waals surface area contributed by atoms with Gasteiger partial charge in [-0.05, 0) is 0 Å². The summed E-state index contributed by atoms with van der Waals surface area (Å²) in [5.41, 5.74) is 0. The summed E-state index contributed by atoms with van der Waals surface area (Å²) < 4.78 is 7.54. The van der Waals surface area contributed by atoms with Crippen molar-refractivity contribution in [1.29, 1.82) is 0 Å². The van der Waals surface area contributed by atoms with Gasteiger partial charge < -0.3 is 0 Å². The Morgan fingerprint density at radius 3 is 1.80 bits per heavy atom. The van der Waals surface area contributed by atoms with Gasteiger partial charge in [-0.1, -0.05) is 0 Å². The van der Waals surface area contributed by atoms with Gasteiger partial charge in [0.2, 0.25) is 0 Å². The van der Waals surface area contributed by atoms with Gasteiger partial charge in [-0.15, -0.1) is 24.8 Å². The molecular weight excluding hydrogens is 267 g/mol. The van der Waals surface area contributed by atoms with Crippen LogP contribution in [0.4, 0.5) is 0 Å². The fourth-order valence-electron chi connectivity index (χ4n) is 1.58. The molecule has 0 atom stereocenters. The fraction of sp³-hybridized carbons (Fsp3) is 0.636. The molecule has 0 N–H and O–H groups in total. The largest absolute Gasteiger partial charge is 0.147 e. The van der Waals surface area contributed by atoms with E-state index in [0.717, 1.165) is 6.42 Å². The molecule has 1 rings (SSSR count). The minimum Gasteiger partial charge on any atom is -0.147 e. The van der Waals surface area contributed by atoms with Crippen molar-refractivity contribution >= 4 is 24.8 Å². The van der Waals surface area contributed by atoms with Crippen LogP contribution < -0.4 is 0 Å². The van der Waals surface area contributed by atoms with Crippen molar-refractivity contribution in [2.45, 2.75) is 32.6 Å². The number of rotatable bonds is 2. The van der Waals surface area contributed by atoms with E-state index in [9.17, 15) is 0 Å². The number of allylic oxidation sites excluding steroid dienone is 4. The van der Waals surface area contributed by atoms with E-state index in [-0.39, 0.29) is 24.8 Å². The molecule has 0 aromatic heterocycles. The van der Waals surface area contributed by atoms with Gasteiger partial charge in [-0.3, -0.25) is 0 Å². The number of hydrogen-bond acceptors (Lipinski definition) is 1. The zero-order valence-corrected chi connectivity index (χ0v) is 13.9. The summed E-state index contributed by atoms with van der Waals surface area (Å²) in [6, 6.07) is 0. The Morgan fingerprint density at radius 2 is 1.53 bits per heavy atom. The SMILES string of the molecule is C[O][Ti]([CH3])([CH3])([CH3])([CH3])([CH3])[C]1=CC=CC1.Cl.Cl. The Labute approximate surface area is 103 Å². The summed E-state index contributed by atoms with van der Waals surface area (Å²) in [6.45, 7) is 0. The summed E-state index contributed by atoms with van der Waals surface area (Å²) in [4.78, 5) is 0. The minimum atomic E-state index is -3.74. The van der Waals surface area contributed by atoms with Crippen LogP contribution in [0.15, 0.2) is 22.1 Å². The van der Waals surface area contributed by atoms with Crippen molar-refractivity contribution in [3.05, 3.63) is 22.1 Å². The van der Waals surface area contributed by atoms with Gasteiger partial charge in [0.15, 0.2) is 0 Å². The van der Waals surface area contributed by atoms with Crippen molar-refractivity contribution in [3.63, 3.8) is 0 Å². The Balaban J connectivity index is 0. The molecule has 4 heteroatoms. The van der Waals surface area contributed by atoms with Crippen LogP contribution in [-0.2, 0) is 16.4 Å². The van der Waals surface area contributed by atoms with Gasteiger partial charge >= 0.3 is 78.2 Å². The van der Waals surface area contributed by atoms with E-state index in [4.69, 9.17) is 3.32 Å². The summed E-state index contributed by atoms with van der Waals surface area (Å²) in [6.07, 6.45) is 7.64. The first-order chi connectivity index (χ1) is 5.40. The third-order valence-electron chi connectivity index (χ3n) is 3.63. The van der Waals surface area contributed by atoms with Crippen molar-refractivity contribution < 1.29 is 16.4 Å².